The lowest BCUT2D eigenvalue weighted by Gasteiger charge is -2.04. The number of nitrogens with two attached hydrogens (primary N) is 1. The van der Waals surface area contributed by atoms with Gasteiger partial charge in [-0.15, -0.1) is 11.3 Å². The molecule has 0 aliphatic carbocycles. The van der Waals surface area contributed by atoms with Gasteiger partial charge in [-0.3, -0.25) is 9.97 Å². The van der Waals surface area contributed by atoms with Crippen LogP contribution in [0, 0.1) is 0 Å². The van der Waals surface area contributed by atoms with E-state index < -0.39 is 0 Å². The Labute approximate surface area is 92.2 Å². The molecule has 5 heteroatoms. The molecular weight excluding hydrogens is 208 g/mol. The van der Waals surface area contributed by atoms with Crippen molar-refractivity contribution in [2.24, 2.45) is 0 Å². The second-order valence-electron chi connectivity index (χ2n) is 3.11. The van der Waals surface area contributed by atoms with Crippen LogP contribution in [0.4, 0.5) is 5.69 Å². The van der Waals surface area contributed by atoms with Crippen molar-refractivity contribution in [3.8, 4) is 0 Å². The van der Waals surface area contributed by atoms with Crippen molar-refractivity contribution in [3.05, 3.63) is 40.6 Å². The number of anilines is 1. The maximum absolute atomic E-state index is 5.77. The number of hydrogen-bond donors (Lipinski definition) is 2. The van der Waals surface area contributed by atoms with E-state index in [1.807, 2.05) is 23.8 Å². The monoisotopic (exact) mass is 220 g/mol. The van der Waals surface area contributed by atoms with Crippen molar-refractivity contribution in [2.45, 2.75) is 13.1 Å². The zero-order chi connectivity index (χ0) is 10.5. The topological polar surface area (TPSA) is 63.8 Å². The number of nitrogen functional groups attached to an aromatic ring is 1. The van der Waals surface area contributed by atoms with Gasteiger partial charge in [0.1, 0.15) is 0 Å². The van der Waals surface area contributed by atoms with Gasteiger partial charge in [-0.2, -0.15) is 0 Å². The number of thiazole rings is 1. The molecule has 15 heavy (non-hydrogen) atoms. The van der Waals surface area contributed by atoms with Crippen molar-refractivity contribution in [3.63, 3.8) is 0 Å². The molecule has 0 radical (unpaired) electrons. The molecular formula is C10H12N4S. The zero-order valence-electron chi connectivity index (χ0n) is 8.18. The smallest absolute Gasteiger partial charge is 0.0794 e. The Kier molecular flexibility index (Phi) is 3.26. The molecule has 0 amide bonds. The number of pyridine rings is 1. The molecule has 0 bridgehead atoms. The molecule has 3 N–H and O–H groups in total. The molecule has 0 saturated carbocycles. The van der Waals surface area contributed by atoms with Gasteiger partial charge in [0, 0.05) is 30.4 Å². The van der Waals surface area contributed by atoms with Gasteiger partial charge >= 0.3 is 0 Å². The number of hydrogen-bond acceptors (Lipinski definition) is 5. The van der Waals surface area contributed by atoms with E-state index in [-0.39, 0.29) is 0 Å². The zero-order valence-corrected chi connectivity index (χ0v) is 9.00. The summed E-state index contributed by atoms with van der Waals surface area (Å²) in [6.45, 7) is 1.49. The van der Waals surface area contributed by atoms with E-state index in [0.29, 0.717) is 6.54 Å². The minimum atomic E-state index is 0.685. The van der Waals surface area contributed by atoms with Crippen LogP contribution in [0.3, 0.4) is 0 Å². The van der Waals surface area contributed by atoms with E-state index in [4.69, 9.17) is 5.73 Å². The first-order valence-corrected chi connectivity index (χ1v) is 5.51. The third-order valence-corrected chi connectivity index (χ3v) is 2.78. The fraction of sp³-hybridized carbons (Fsp3) is 0.200. The molecule has 0 aliphatic heterocycles. The fourth-order valence-electron chi connectivity index (χ4n) is 1.23. The largest absolute Gasteiger partial charge is 0.397 e. The normalized spacial score (nSPS) is 10.4. The Hall–Kier alpha value is -1.46. The summed E-state index contributed by atoms with van der Waals surface area (Å²) in [5.74, 6) is 0. The first-order valence-electron chi connectivity index (χ1n) is 4.63. The standard InChI is InChI=1S/C10H12N4S/c11-9-2-1-3-14-10(9)6-12-4-8-5-13-7-15-8/h1-3,5,7,12H,4,6,11H2. The van der Waals surface area contributed by atoms with E-state index in [9.17, 15) is 0 Å². The number of nitrogens with one attached hydrogen (secondary N) is 1. The molecule has 0 aliphatic rings. The molecule has 4 nitrogen and oxygen atoms in total. The lowest BCUT2D eigenvalue weighted by Crippen LogP contribution is -2.14. The van der Waals surface area contributed by atoms with Gasteiger partial charge in [0.25, 0.3) is 0 Å². The maximum Gasteiger partial charge on any atom is 0.0794 e. The third kappa shape index (κ3) is 2.74. The Morgan fingerprint density at radius 3 is 3.07 bits per heavy atom. The average Bonchev–Trinajstić information content (AvgIpc) is 2.74. The number of rotatable bonds is 4. The highest BCUT2D eigenvalue weighted by Crippen LogP contribution is 2.08. The highest BCUT2D eigenvalue weighted by molar-refractivity contribution is 7.09. The second kappa shape index (κ2) is 4.86. The van der Waals surface area contributed by atoms with Crippen LogP contribution in [0.25, 0.3) is 0 Å². The minimum absolute atomic E-state index is 0.685. The highest BCUT2D eigenvalue weighted by atomic mass is 32.1. The molecule has 0 spiro atoms. The predicted molar refractivity (Wildman–Crippen MR) is 61.3 cm³/mol. The quantitative estimate of drug-likeness (QED) is 0.817. The molecule has 0 atom stereocenters. The van der Waals surface area contributed by atoms with E-state index in [2.05, 4.69) is 15.3 Å². The Morgan fingerprint density at radius 2 is 2.33 bits per heavy atom. The highest BCUT2D eigenvalue weighted by Gasteiger charge is 1.99. The fourth-order valence-corrected chi connectivity index (χ4v) is 1.80. The summed E-state index contributed by atoms with van der Waals surface area (Å²) in [6, 6.07) is 3.69. The van der Waals surface area contributed by atoms with Crippen LogP contribution in [0.2, 0.25) is 0 Å². The van der Waals surface area contributed by atoms with Crippen LogP contribution in [0.15, 0.2) is 30.0 Å². The molecule has 0 fully saturated rings. The van der Waals surface area contributed by atoms with E-state index in [1.54, 1.807) is 17.5 Å². The van der Waals surface area contributed by atoms with E-state index in [0.717, 1.165) is 17.9 Å². The summed E-state index contributed by atoms with van der Waals surface area (Å²) < 4.78 is 0. The third-order valence-electron chi connectivity index (χ3n) is 2.00. The van der Waals surface area contributed by atoms with Crippen molar-refractivity contribution in [1.82, 2.24) is 15.3 Å². The van der Waals surface area contributed by atoms with Gasteiger partial charge in [0.15, 0.2) is 0 Å². The van der Waals surface area contributed by atoms with Crippen LogP contribution >= 0.6 is 11.3 Å². The van der Waals surface area contributed by atoms with Gasteiger partial charge in [-0.1, -0.05) is 0 Å². The van der Waals surface area contributed by atoms with Gasteiger partial charge < -0.3 is 11.1 Å². The van der Waals surface area contributed by atoms with E-state index >= 15 is 0 Å². The number of nitrogens with zero attached hydrogens (tertiary/aromatic N) is 2. The van der Waals surface area contributed by atoms with Gasteiger partial charge in [-0.05, 0) is 12.1 Å². The molecule has 0 unspecified atom stereocenters. The Bertz CT molecular complexity index is 413. The predicted octanol–water partition coefficient (Wildman–Crippen LogP) is 1.41. The molecule has 2 aromatic heterocycles. The molecule has 78 valence electrons. The SMILES string of the molecule is Nc1cccnc1CNCc1cncs1. The molecule has 2 heterocycles. The van der Waals surface area contributed by atoms with Gasteiger partial charge in [-0.25, -0.2) is 0 Å². The van der Waals surface area contributed by atoms with Crippen molar-refractivity contribution < 1.29 is 0 Å². The molecule has 2 rings (SSSR count). The Morgan fingerprint density at radius 1 is 1.40 bits per heavy atom. The first-order chi connectivity index (χ1) is 7.36. The van der Waals surface area contributed by atoms with Crippen molar-refractivity contribution >= 4 is 17.0 Å². The van der Waals surface area contributed by atoms with Crippen LogP contribution < -0.4 is 11.1 Å². The summed E-state index contributed by atoms with van der Waals surface area (Å²) in [7, 11) is 0. The van der Waals surface area contributed by atoms with Crippen LogP contribution in [0.1, 0.15) is 10.6 Å². The van der Waals surface area contributed by atoms with Crippen LogP contribution in [0.5, 0.6) is 0 Å². The number of aromatic nitrogens is 2. The van der Waals surface area contributed by atoms with Gasteiger partial charge in [0.2, 0.25) is 0 Å². The summed E-state index contributed by atoms with van der Waals surface area (Å²) in [4.78, 5) is 9.41. The molecule has 0 saturated heterocycles. The van der Waals surface area contributed by atoms with Crippen molar-refractivity contribution in [1.29, 1.82) is 0 Å². The van der Waals surface area contributed by atoms with Crippen LogP contribution in [-0.2, 0) is 13.1 Å². The summed E-state index contributed by atoms with van der Waals surface area (Å²) in [6.07, 6.45) is 3.61. The molecule has 2 aromatic rings. The second-order valence-corrected chi connectivity index (χ2v) is 4.08. The Balaban J connectivity index is 1.86. The first kappa shape index (κ1) is 10.1. The minimum Gasteiger partial charge on any atom is -0.397 e. The summed E-state index contributed by atoms with van der Waals surface area (Å²) >= 11 is 1.64. The van der Waals surface area contributed by atoms with Crippen molar-refractivity contribution in [2.75, 3.05) is 5.73 Å². The molecule has 0 aromatic carbocycles. The average molecular weight is 220 g/mol. The van der Waals surface area contributed by atoms with E-state index in [1.165, 1.54) is 4.88 Å². The lowest BCUT2D eigenvalue weighted by molar-refractivity contribution is 0.687. The summed E-state index contributed by atoms with van der Waals surface area (Å²) in [5, 5.41) is 3.27. The maximum atomic E-state index is 5.77. The van der Waals surface area contributed by atoms with Crippen LogP contribution in [-0.4, -0.2) is 9.97 Å². The lowest BCUT2D eigenvalue weighted by atomic mass is 10.3. The summed E-state index contributed by atoms with van der Waals surface area (Å²) in [5.41, 5.74) is 9.21. The van der Waals surface area contributed by atoms with Gasteiger partial charge in [0.05, 0.1) is 16.9 Å².